The van der Waals surface area contributed by atoms with E-state index in [9.17, 15) is 4.79 Å². The van der Waals surface area contributed by atoms with Gasteiger partial charge in [0.25, 0.3) is 0 Å². The molecule has 1 unspecified atom stereocenters. The number of carbonyl (C=O) groups is 1. The molecule has 1 aromatic carbocycles. The minimum atomic E-state index is 0.171. The summed E-state index contributed by atoms with van der Waals surface area (Å²) in [5, 5.41) is 0. The van der Waals surface area contributed by atoms with Crippen molar-refractivity contribution in [2.45, 2.75) is 38.8 Å². The molecule has 0 aliphatic carbocycles. The van der Waals surface area contributed by atoms with Crippen LogP contribution in [-0.4, -0.2) is 23.3 Å². The molecule has 1 atom stereocenters. The van der Waals surface area contributed by atoms with Crippen LogP contribution in [0.25, 0.3) is 0 Å². The lowest BCUT2D eigenvalue weighted by molar-refractivity contribution is -0.123. The molecule has 86 valence electrons. The van der Waals surface area contributed by atoms with Gasteiger partial charge in [-0.2, -0.15) is 0 Å². The molecule has 16 heavy (non-hydrogen) atoms. The average Bonchev–Trinajstić information content (AvgIpc) is 2.77. The van der Waals surface area contributed by atoms with E-state index >= 15 is 0 Å². The molecule has 1 heterocycles. The van der Waals surface area contributed by atoms with Crippen LogP contribution in [0.3, 0.4) is 0 Å². The molecule has 0 spiro atoms. The highest BCUT2D eigenvalue weighted by Gasteiger charge is 2.28. The first-order valence-corrected chi connectivity index (χ1v) is 6.12. The third-order valence-electron chi connectivity index (χ3n) is 3.31. The van der Waals surface area contributed by atoms with E-state index in [1.165, 1.54) is 5.56 Å². The molecule has 1 fully saturated rings. The van der Waals surface area contributed by atoms with Crippen molar-refractivity contribution in [3.8, 4) is 0 Å². The molecular formula is C14H19NO. The number of nitrogens with zero attached hydrogens (tertiary/aromatic N) is 1. The number of carbonyl (C=O) groups excluding carboxylic acids is 1. The Kier molecular flexibility index (Phi) is 3.73. The number of benzene rings is 1. The lowest BCUT2D eigenvalue weighted by atomic mass is 10.1. The lowest BCUT2D eigenvalue weighted by Crippen LogP contribution is -2.35. The summed E-state index contributed by atoms with van der Waals surface area (Å²) in [6, 6.07) is 10.6. The number of hydrogen-bond acceptors (Lipinski definition) is 2. The number of likely N-dealkylation sites (tertiary alicyclic amines) is 1. The maximum absolute atomic E-state index is 11.8. The van der Waals surface area contributed by atoms with Crippen molar-refractivity contribution in [1.29, 1.82) is 0 Å². The molecular weight excluding hydrogens is 198 g/mol. The van der Waals surface area contributed by atoms with Crippen molar-refractivity contribution in [2.75, 3.05) is 6.54 Å². The van der Waals surface area contributed by atoms with E-state index in [1.54, 1.807) is 0 Å². The largest absolute Gasteiger partial charge is 0.298 e. The number of ketones is 1. The maximum atomic E-state index is 11.8. The fourth-order valence-corrected chi connectivity index (χ4v) is 2.43. The van der Waals surface area contributed by atoms with Crippen molar-refractivity contribution < 1.29 is 4.79 Å². The van der Waals surface area contributed by atoms with Gasteiger partial charge in [-0.25, -0.2) is 0 Å². The van der Waals surface area contributed by atoms with Gasteiger partial charge in [0, 0.05) is 13.0 Å². The fraction of sp³-hybridized carbons (Fsp3) is 0.500. The first-order valence-electron chi connectivity index (χ1n) is 6.12. The lowest BCUT2D eigenvalue weighted by Gasteiger charge is -2.22. The Bertz CT molecular complexity index is 347. The minimum absolute atomic E-state index is 0.171. The molecule has 0 bridgehead atoms. The van der Waals surface area contributed by atoms with Crippen LogP contribution in [0.2, 0.25) is 0 Å². The van der Waals surface area contributed by atoms with Crippen molar-refractivity contribution >= 4 is 5.78 Å². The predicted octanol–water partition coefficient (Wildman–Crippen LogP) is 2.63. The summed E-state index contributed by atoms with van der Waals surface area (Å²) in [5.41, 5.74) is 1.30. The number of Topliss-reactive ketones (excluding diaryl/α,β-unsaturated/α-hetero) is 1. The first kappa shape index (κ1) is 11.3. The second kappa shape index (κ2) is 5.26. The maximum Gasteiger partial charge on any atom is 0.149 e. The van der Waals surface area contributed by atoms with Crippen LogP contribution in [0.1, 0.15) is 31.7 Å². The quantitative estimate of drug-likeness (QED) is 0.772. The minimum Gasteiger partial charge on any atom is -0.298 e. The number of rotatable bonds is 4. The third kappa shape index (κ3) is 2.50. The van der Waals surface area contributed by atoms with Crippen molar-refractivity contribution in [3.05, 3.63) is 35.9 Å². The normalized spacial score (nSPS) is 21.2. The molecule has 1 aliphatic rings. The van der Waals surface area contributed by atoms with E-state index in [4.69, 9.17) is 0 Å². The Morgan fingerprint density at radius 1 is 1.38 bits per heavy atom. The second-order valence-corrected chi connectivity index (χ2v) is 4.43. The van der Waals surface area contributed by atoms with Crippen LogP contribution in [0, 0.1) is 0 Å². The van der Waals surface area contributed by atoms with E-state index in [2.05, 4.69) is 29.2 Å². The average molecular weight is 217 g/mol. The molecule has 0 N–H and O–H groups in total. The van der Waals surface area contributed by atoms with Crippen LogP contribution in [-0.2, 0) is 11.3 Å². The zero-order valence-electron chi connectivity index (χ0n) is 9.86. The topological polar surface area (TPSA) is 20.3 Å². The smallest absolute Gasteiger partial charge is 0.149 e. The van der Waals surface area contributed by atoms with Gasteiger partial charge in [0.2, 0.25) is 0 Å². The molecule has 1 saturated heterocycles. The van der Waals surface area contributed by atoms with Crippen molar-refractivity contribution in [2.24, 2.45) is 0 Å². The highest BCUT2D eigenvalue weighted by molar-refractivity contribution is 5.83. The van der Waals surface area contributed by atoms with Crippen LogP contribution < -0.4 is 0 Å². The van der Waals surface area contributed by atoms with Crippen LogP contribution in [0.4, 0.5) is 0 Å². The molecule has 0 saturated carbocycles. The van der Waals surface area contributed by atoms with Gasteiger partial charge in [-0.15, -0.1) is 0 Å². The van der Waals surface area contributed by atoms with Gasteiger partial charge in [0.05, 0.1) is 6.04 Å². The molecule has 0 aromatic heterocycles. The van der Waals surface area contributed by atoms with E-state index in [-0.39, 0.29) is 6.04 Å². The molecule has 1 aromatic rings. The first-order chi connectivity index (χ1) is 7.81. The summed E-state index contributed by atoms with van der Waals surface area (Å²) in [6.07, 6.45) is 2.86. The highest BCUT2D eigenvalue weighted by Crippen LogP contribution is 2.21. The summed E-state index contributed by atoms with van der Waals surface area (Å²) < 4.78 is 0. The summed E-state index contributed by atoms with van der Waals surface area (Å²) in [6.45, 7) is 3.93. The highest BCUT2D eigenvalue weighted by atomic mass is 16.1. The van der Waals surface area contributed by atoms with E-state index in [0.717, 1.165) is 25.9 Å². The van der Waals surface area contributed by atoms with Crippen LogP contribution >= 0.6 is 0 Å². The fourth-order valence-electron chi connectivity index (χ4n) is 2.43. The zero-order valence-corrected chi connectivity index (χ0v) is 9.86. The summed E-state index contributed by atoms with van der Waals surface area (Å²) in [5.74, 6) is 0.397. The van der Waals surface area contributed by atoms with Gasteiger partial charge < -0.3 is 0 Å². The van der Waals surface area contributed by atoms with Gasteiger partial charge in [-0.05, 0) is 24.9 Å². The monoisotopic (exact) mass is 217 g/mol. The van der Waals surface area contributed by atoms with Crippen molar-refractivity contribution in [1.82, 2.24) is 4.90 Å². The van der Waals surface area contributed by atoms with Crippen molar-refractivity contribution in [3.63, 3.8) is 0 Å². The van der Waals surface area contributed by atoms with Gasteiger partial charge in [0.15, 0.2) is 0 Å². The standard InChI is InChI=1S/C14H19NO/c1-2-14(16)13-9-6-10-15(13)11-12-7-4-3-5-8-12/h3-5,7-8,13H,2,6,9-11H2,1H3. The SMILES string of the molecule is CCC(=O)C1CCCN1Cc1ccccc1. The Hall–Kier alpha value is -1.15. The Balaban J connectivity index is 2.01. The molecule has 2 rings (SSSR count). The van der Waals surface area contributed by atoms with Gasteiger partial charge in [-0.3, -0.25) is 9.69 Å². The Morgan fingerprint density at radius 2 is 2.12 bits per heavy atom. The summed E-state index contributed by atoms with van der Waals surface area (Å²) in [4.78, 5) is 14.1. The van der Waals surface area contributed by atoms with Crippen LogP contribution in [0.5, 0.6) is 0 Å². The Morgan fingerprint density at radius 3 is 2.81 bits per heavy atom. The molecule has 1 aliphatic heterocycles. The van der Waals surface area contributed by atoms with Crippen LogP contribution in [0.15, 0.2) is 30.3 Å². The zero-order chi connectivity index (χ0) is 11.4. The third-order valence-corrected chi connectivity index (χ3v) is 3.31. The summed E-state index contributed by atoms with van der Waals surface area (Å²) >= 11 is 0. The molecule has 0 radical (unpaired) electrons. The second-order valence-electron chi connectivity index (χ2n) is 4.43. The molecule has 2 nitrogen and oxygen atoms in total. The Labute approximate surface area is 97.3 Å². The van der Waals surface area contributed by atoms with Gasteiger partial charge >= 0.3 is 0 Å². The predicted molar refractivity (Wildman–Crippen MR) is 65.2 cm³/mol. The van der Waals surface area contributed by atoms with Gasteiger partial charge in [0.1, 0.15) is 5.78 Å². The molecule has 0 amide bonds. The van der Waals surface area contributed by atoms with E-state index in [1.807, 2.05) is 13.0 Å². The van der Waals surface area contributed by atoms with E-state index < -0.39 is 0 Å². The summed E-state index contributed by atoms with van der Waals surface area (Å²) in [7, 11) is 0. The number of hydrogen-bond donors (Lipinski definition) is 0. The molecule has 2 heteroatoms. The van der Waals surface area contributed by atoms with E-state index in [0.29, 0.717) is 12.2 Å². The van der Waals surface area contributed by atoms with Gasteiger partial charge in [-0.1, -0.05) is 37.3 Å².